The maximum absolute atomic E-state index is 13.5. The van der Waals surface area contributed by atoms with Gasteiger partial charge in [-0.05, 0) is 25.5 Å². The van der Waals surface area contributed by atoms with Crippen LogP contribution in [0.15, 0.2) is 18.2 Å². The van der Waals surface area contributed by atoms with Crippen LogP contribution in [0, 0.1) is 11.6 Å². The van der Waals surface area contributed by atoms with E-state index in [2.05, 4.69) is 10.6 Å². The van der Waals surface area contributed by atoms with Gasteiger partial charge in [0, 0.05) is 51.8 Å². The largest absolute Gasteiger partial charge is 0.355 e. The van der Waals surface area contributed by atoms with Crippen molar-refractivity contribution in [3.8, 4) is 0 Å². The van der Waals surface area contributed by atoms with Gasteiger partial charge in [0.05, 0.1) is 12.1 Å². The molecule has 9 heteroatoms. The number of hydrogen-bond donors (Lipinski definition) is 2. The van der Waals surface area contributed by atoms with Crippen molar-refractivity contribution in [3.63, 3.8) is 0 Å². The van der Waals surface area contributed by atoms with Crippen molar-refractivity contribution < 1.29 is 23.2 Å². The Balaban J connectivity index is 1.65. The van der Waals surface area contributed by atoms with Crippen molar-refractivity contribution in [2.24, 2.45) is 0 Å². The fourth-order valence-electron chi connectivity index (χ4n) is 2.98. The summed E-state index contributed by atoms with van der Waals surface area (Å²) < 4.78 is 26.4. The molecule has 154 valence electrons. The molecule has 0 aromatic heterocycles. The Labute approximate surface area is 163 Å². The van der Waals surface area contributed by atoms with E-state index in [9.17, 15) is 23.2 Å². The fourth-order valence-corrected chi connectivity index (χ4v) is 2.98. The lowest BCUT2D eigenvalue weighted by Gasteiger charge is -2.34. The third kappa shape index (κ3) is 6.56. The third-order valence-electron chi connectivity index (χ3n) is 4.49. The van der Waals surface area contributed by atoms with E-state index < -0.39 is 17.5 Å². The van der Waals surface area contributed by atoms with E-state index in [1.54, 1.807) is 4.90 Å². The van der Waals surface area contributed by atoms with Crippen molar-refractivity contribution in [1.29, 1.82) is 0 Å². The maximum Gasteiger partial charge on any atom is 0.254 e. The van der Waals surface area contributed by atoms with E-state index in [1.807, 2.05) is 11.8 Å². The molecule has 3 amide bonds. The van der Waals surface area contributed by atoms with Gasteiger partial charge in [0.2, 0.25) is 11.8 Å². The monoisotopic (exact) mass is 396 g/mol. The molecule has 2 rings (SSSR count). The standard InChI is InChI=1S/C19H26F2N4O3/c1-2-22-17(26)13-24-8-10-25(11-9-24)18(27)4-3-7-23-19(28)15-6-5-14(20)12-16(15)21/h5-6,12H,2-4,7-11,13H2,1H3,(H,22,26)(H,23,28). The second-order valence-corrected chi connectivity index (χ2v) is 6.59. The highest BCUT2D eigenvalue weighted by atomic mass is 19.1. The van der Waals surface area contributed by atoms with Gasteiger partial charge in [0.15, 0.2) is 0 Å². The summed E-state index contributed by atoms with van der Waals surface area (Å²) >= 11 is 0. The molecule has 1 fully saturated rings. The molecule has 1 heterocycles. The zero-order valence-corrected chi connectivity index (χ0v) is 16.0. The van der Waals surface area contributed by atoms with E-state index in [-0.39, 0.29) is 30.3 Å². The van der Waals surface area contributed by atoms with Crippen LogP contribution in [-0.2, 0) is 9.59 Å². The summed E-state index contributed by atoms with van der Waals surface area (Å²) in [4.78, 5) is 39.5. The van der Waals surface area contributed by atoms with Gasteiger partial charge in [-0.15, -0.1) is 0 Å². The number of nitrogens with zero attached hydrogens (tertiary/aromatic N) is 2. The second-order valence-electron chi connectivity index (χ2n) is 6.59. The Kier molecular flexibility index (Phi) is 8.31. The Morgan fingerprint density at radius 1 is 1.07 bits per heavy atom. The molecular weight excluding hydrogens is 370 g/mol. The van der Waals surface area contributed by atoms with Crippen molar-refractivity contribution in [2.75, 3.05) is 45.8 Å². The van der Waals surface area contributed by atoms with Crippen LogP contribution >= 0.6 is 0 Å². The highest BCUT2D eigenvalue weighted by Crippen LogP contribution is 2.09. The van der Waals surface area contributed by atoms with E-state index in [0.29, 0.717) is 51.8 Å². The van der Waals surface area contributed by atoms with Gasteiger partial charge in [-0.3, -0.25) is 19.3 Å². The molecule has 0 radical (unpaired) electrons. The van der Waals surface area contributed by atoms with Gasteiger partial charge in [-0.25, -0.2) is 8.78 Å². The number of rotatable bonds is 8. The Morgan fingerprint density at radius 2 is 1.79 bits per heavy atom. The summed E-state index contributed by atoms with van der Waals surface area (Å²) in [5, 5.41) is 5.28. The topological polar surface area (TPSA) is 81.8 Å². The molecule has 1 saturated heterocycles. The molecular formula is C19H26F2N4O3. The minimum Gasteiger partial charge on any atom is -0.355 e. The van der Waals surface area contributed by atoms with Crippen molar-refractivity contribution in [3.05, 3.63) is 35.4 Å². The quantitative estimate of drug-likeness (QED) is 0.636. The molecule has 1 aliphatic rings. The number of carbonyl (C=O) groups is 3. The fraction of sp³-hybridized carbons (Fsp3) is 0.526. The van der Waals surface area contributed by atoms with E-state index >= 15 is 0 Å². The van der Waals surface area contributed by atoms with Crippen LogP contribution in [0.4, 0.5) is 8.78 Å². The summed E-state index contributed by atoms with van der Waals surface area (Å²) in [5.74, 6) is -2.33. The number of hydrogen-bond acceptors (Lipinski definition) is 4. The van der Waals surface area contributed by atoms with Gasteiger partial charge in [-0.2, -0.15) is 0 Å². The third-order valence-corrected chi connectivity index (χ3v) is 4.49. The number of benzene rings is 1. The minimum absolute atomic E-state index is 0.0140. The molecule has 0 aliphatic carbocycles. The molecule has 2 N–H and O–H groups in total. The average molecular weight is 396 g/mol. The van der Waals surface area contributed by atoms with Gasteiger partial charge in [0.1, 0.15) is 11.6 Å². The number of piperazine rings is 1. The van der Waals surface area contributed by atoms with Crippen LogP contribution in [0.2, 0.25) is 0 Å². The Hall–Kier alpha value is -2.55. The Morgan fingerprint density at radius 3 is 2.43 bits per heavy atom. The SMILES string of the molecule is CCNC(=O)CN1CCN(C(=O)CCCNC(=O)c2ccc(F)cc2F)CC1. The molecule has 0 saturated carbocycles. The maximum atomic E-state index is 13.5. The van der Waals surface area contributed by atoms with Gasteiger partial charge < -0.3 is 15.5 Å². The van der Waals surface area contributed by atoms with E-state index in [4.69, 9.17) is 0 Å². The zero-order chi connectivity index (χ0) is 20.5. The molecule has 0 spiro atoms. The first kappa shape index (κ1) is 21.7. The molecule has 0 unspecified atom stereocenters. The van der Waals surface area contributed by atoms with Crippen LogP contribution in [0.25, 0.3) is 0 Å². The number of carbonyl (C=O) groups excluding carboxylic acids is 3. The average Bonchev–Trinajstić information content (AvgIpc) is 2.65. The van der Waals surface area contributed by atoms with Gasteiger partial charge >= 0.3 is 0 Å². The number of likely N-dealkylation sites (N-methyl/N-ethyl adjacent to an activating group) is 1. The lowest BCUT2D eigenvalue weighted by atomic mass is 10.2. The predicted molar refractivity (Wildman–Crippen MR) is 99.6 cm³/mol. The molecule has 1 aliphatic heterocycles. The first-order valence-electron chi connectivity index (χ1n) is 9.40. The summed E-state index contributed by atoms with van der Waals surface area (Å²) in [7, 11) is 0. The van der Waals surface area contributed by atoms with Gasteiger partial charge in [-0.1, -0.05) is 0 Å². The highest BCUT2D eigenvalue weighted by molar-refractivity contribution is 5.94. The number of halogens is 2. The van der Waals surface area contributed by atoms with E-state index in [0.717, 1.165) is 12.1 Å². The lowest BCUT2D eigenvalue weighted by Crippen LogP contribution is -2.51. The van der Waals surface area contributed by atoms with E-state index in [1.165, 1.54) is 0 Å². The van der Waals surface area contributed by atoms with Crippen LogP contribution in [0.3, 0.4) is 0 Å². The van der Waals surface area contributed by atoms with Crippen LogP contribution in [0.1, 0.15) is 30.1 Å². The normalized spacial score (nSPS) is 14.6. The summed E-state index contributed by atoms with van der Waals surface area (Å²) in [6, 6.07) is 2.77. The summed E-state index contributed by atoms with van der Waals surface area (Å²) in [6.45, 7) is 5.43. The molecule has 1 aromatic carbocycles. The lowest BCUT2D eigenvalue weighted by molar-refractivity contribution is -0.133. The second kappa shape index (κ2) is 10.7. The van der Waals surface area contributed by atoms with Crippen LogP contribution in [-0.4, -0.2) is 73.3 Å². The first-order chi connectivity index (χ1) is 13.4. The zero-order valence-electron chi connectivity index (χ0n) is 16.0. The van der Waals surface area contributed by atoms with Crippen LogP contribution < -0.4 is 10.6 Å². The van der Waals surface area contributed by atoms with Crippen molar-refractivity contribution >= 4 is 17.7 Å². The highest BCUT2D eigenvalue weighted by Gasteiger charge is 2.22. The number of amides is 3. The summed E-state index contributed by atoms with van der Waals surface area (Å²) in [5.41, 5.74) is -0.226. The summed E-state index contributed by atoms with van der Waals surface area (Å²) in [6.07, 6.45) is 0.689. The van der Waals surface area contributed by atoms with Crippen molar-refractivity contribution in [2.45, 2.75) is 19.8 Å². The predicted octanol–water partition coefficient (Wildman–Crippen LogP) is 0.755. The van der Waals surface area contributed by atoms with Crippen LogP contribution in [0.5, 0.6) is 0 Å². The number of nitrogens with one attached hydrogen (secondary N) is 2. The van der Waals surface area contributed by atoms with Gasteiger partial charge in [0.25, 0.3) is 5.91 Å². The smallest absolute Gasteiger partial charge is 0.254 e. The minimum atomic E-state index is -0.918. The first-order valence-corrected chi connectivity index (χ1v) is 9.40. The molecule has 1 aromatic rings. The van der Waals surface area contributed by atoms with Crippen molar-refractivity contribution in [1.82, 2.24) is 20.4 Å². The molecule has 0 atom stereocenters. The molecule has 28 heavy (non-hydrogen) atoms. The molecule has 0 bridgehead atoms. The molecule has 7 nitrogen and oxygen atoms in total. The Bertz CT molecular complexity index is 706.